The summed E-state index contributed by atoms with van der Waals surface area (Å²) in [5, 5.41) is 7.91. The maximum absolute atomic E-state index is 13.4. The quantitative estimate of drug-likeness (QED) is 0.449. The van der Waals surface area contributed by atoms with Crippen LogP contribution in [0.4, 0.5) is 13.2 Å². The number of nitrogens with one attached hydrogen (secondary N) is 4. The number of fused-ring (bicyclic) bond motifs is 1. The Morgan fingerprint density at radius 1 is 1.06 bits per heavy atom. The van der Waals surface area contributed by atoms with Crippen molar-refractivity contribution in [2.75, 3.05) is 39.5 Å². The standard InChI is InChI=1S/C21H34F3N5O4/c22-21(23,24)15-3-4-25-7-13(15)9-29-10-14(8-26-29)27-20(30)16-6-18(33-28-16)12-1-2-17-19(5-12)32-11-31-17/h12-19,25-26,28H,1-11H2,(H,27,30). The Kier molecular flexibility index (Phi) is 7.13. The van der Waals surface area contributed by atoms with Crippen LogP contribution in [0, 0.1) is 17.8 Å². The number of rotatable bonds is 5. The molecule has 0 bridgehead atoms. The van der Waals surface area contributed by atoms with Crippen molar-refractivity contribution >= 4 is 5.91 Å². The van der Waals surface area contributed by atoms with Gasteiger partial charge in [-0.15, -0.1) is 0 Å². The molecule has 1 amide bonds. The summed E-state index contributed by atoms with van der Waals surface area (Å²) in [5.41, 5.74) is 6.04. The highest BCUT2D eigenvalue weighted by molar-refractivity contribution is 5.82. The van der Waals surface area contributed by atoms with Crippen molar-refractivity contribution < 1.29 is 32.3 Å². The first-order chi connectivity index (χ1) is 15.9. The Bertz CT molecular complexity index is 701. The van der Waals surface area contributed by atoms with Gasteiger partial charge in [0.2, 0.25) is 5.91 Å². The van der Waals surface area contributed by atoms with E-state index >= 15 is 0 Å². The Balaban J connectivity index is 1.06. The zero-order chi connectivity index (χ0) is 23.0. The minimum atomic E-state index is -4.18. The smallest absolute Gasteiger partial charge is 0.349 e. The van der Waals surface area contributed by atoms with E-state index in [0.717, 1.165) is 19.3 Å². The minimum Gasteiger partial charge on any atom is -0.349 e. The number of carbonyl (C=O) groups excluding carboxylic acids is 1. The molecular weight excluding hydrogens is 443 g/mol. The number of hydrogen-bond acceptors (Lipinski definition) is 8. The molecule has 0 aromatic rings. The summed E-state index contributed by atoms with van der Waals surface area (Å²) in [6.07, 6.45) is -0.401. The van der Waals surface area contributed by atoms with E-state index in [4.69, 9.17) is 14.3 Å². The van der Waals surface area contributed by atoms with Crippen LogP contribution in [0.5, 0.6) is 0 Å². The lowest BCUT2D eigenvalue weighted by Crippen LogP contribution is -2.50. The van der Waals surface area contributed by atoms with Gasteiger partial charge in [0.25, 0.3) is 0 Å². The maximum Gasteiger partial charge on any atom is 0.392 e. The molecule has 1 aliphatic carbocycles. The highest BCUT2D eigenvalue weighted by Gasteiger charge is 2.47. The van der Waals surface area contributed by atoms with Crippen LogP contribution in [-0.2, 0) is 19.1 Å². The van der Waals surface area contributed by atoms with Gasteiger partial charge in [-0.1, -0.05) is 0 Å². The number of hydrogen-bond donors (Lipinski definition) is 4. The molecule has 5 fully saturated rings. The predicted octanol–water partition coefficient (Wildman–Crippen LogP) is 0.283. The van der Waals surface area contributed by atoms with Crippen LogP contribution in [0.1, 0.15) is 32.1 Å². The number of hydroxylamine groups is 1. The van der Waals surface area contributed by atoms with Gasteiger partial charge in [-0.25, -0.2) is 5.01 Å². The van der Waals surface area contributed by atoms with Crippen molar-refractivity contribution in [3.63, 3.8) is 0 Å². The zero-order valence-corrected chi connectivity index (χ0v) is 18.6. The number of alkyl halides is 3. The molecule has 1 saturated carbocycles. The van der Waals surface area contributed by atoms with Crippen molar-refractivity contribution in [2.24, 2.45) is 17.8 Å². The summed E-state index contributed by atoms with van der Waals surface area (Å²) in [6.45, 7) is 2.39. The molecule has 5 rings (SSSR count). The number of piperidine rings is 1. The molecule has 33 heavy (non-hydrogen) atoms. The van der Waals surface area contributed by atoms with Gasteiger partial charge < -0.3 is 20.1 Å². The molecule has 9 nitrogen and oxygen atoms in total. The average Bonchev–Trinajstić information content (AvgIpc) is 3.54. The zero-order valence-electron chi connectivity index (χ0n) is 18.6. The van der Waals surface area contributed by atoms with Gasteiger partial charge in [0, 0.05) is 26.1 Å². The number of carbonyl (C=O) groups is 1. The van der Waals surface area contributed by atoms with Gasteiger partial charge in [-0.05, 0) is 50.6 Å². The van der Waals surface area contributed by atoms with Crippen LogP contribution in [0.25, 0.3) is 0 Å². The number of amides is 1. The second-order valence-corrected chi connectivity index (χ2v) is 10.0. The van der Waals surface area contributed by atoms with Crippen LogP contribution >= 0.6 is 0 Å². The highest BCUT2D eigenvalue weighted by atomic mass is 19.4. The fourth-order valence-electron chi connectivity index (χ4n) is 6.00. The van der Waals surface area contributed by atoms with Gasteiger partial charge in [0.15, 0.2) is 0 Å². The molecule has 188 valence electrons. The summed E-state index contributed by atoms with van der Waals surface area (Å²) >= 11 is 0. The summed E-state index contributed by atoms with van der Waals surface area (Å²) in [5.74, 6) is -1.60. The lowest BCUT2D eigenvalue weighted by atomic mass is 9.80. The Hall–Kier alpha value is -1.02. The monoisotopic (exact) mass is 477 g/mol. The van der Waals surface area contributed by atoms with E-state index in [9.17, 15) is 18.0 Å². The molecule has 4 N–H and O–H groups in total. The molecule has 4 heterocycles. The van der Waals surface area contributed by atoms with Crippen molar-refractivity contribution in [3.05, 3.63) is 0 Å². The lowest BCUT2D eigenvalue weighted by molar-refractivity contribution is -0.196. The molecule has 12 heteroatoms. The second-order valence-electron chi connectivity index (χ2n) is 10.0. The summed E-state index contributed by atoms with van der Waals surface area (Å²) in [6, 6.07) is -0.585. The van der Waals surface area contributed by atoms with E-state index in [1.54, 1.807) is 0 Å². The predicted molar refractivity (Wildman–Crippen MR) is 110 cm³/mol. The summed E-state index contributed by atoms with van der Waals surface area (Å²) in [7, 11) is 0. The summed E-state index contributed by atoms with van der Waals surface area (Å²) in [4.78, 5) is 18.5. The third-order valence-electron chi connectivity index (χ3n) is 7.84. The van der Waals surface area contributed by atoms with Crippen LogP contribution in [0.15, 0.2) is 0 Å². The van der Waals surface area contributed by atoms with E-state index in [-0.39, 0.29) is 36.7 Å². The first-order valence-electron chi connectivity index (χ1n) is 12.1. The largest absolute Gasteiger partial charge is 0.392 e. The van der Waals surface area contributed by atoms with Crippen molar-refractivity contribution in [2.45, 2.75) is 68.7 Å². The third-order valence-corrected chi connectivity index (χ3v) is 7.84. The Labute approximate surface area is 191 Å². The van der Waals surface area contributed by atoms with Gasteiger partial charge in [-0.3, -0.25) is 15.1 Å². The van der Waals surface area contributed by atoms with Crippen LogP contribution in [-0.4, -0.2) is 87.0 Å². The molecule has 8 unspecified atom stereocenters. The molecule has 4 saturated heterocycles. The highest BCUT2D eigenvalue weighted by Crippen LogP contribution is 2.38. The number of ether oxygens (including phenoxy) is 2. The van der Waals surface area contributed by atoms with E-state index in [1.165, 1.54) is 0 Å². The van der Waals surface area contributed by atoms with E-state index in [1.807, 2.05) is 5.01 Å². The first kappa shape index (κ1) is 23.7. The average molecular weight is 478 g/mol. The van der Waals surface area contributed by atoms with Crippen LogP contribution in [0.3, 0.4) is 0 Å². The Morgan fingerprint density at radius 3 is 2.76 bits per heavy atom. The minimum absolute atomic E-state index is 0.0396. The van der Waals surface area contributed by atoms with Gasteiger partial charge in [0.1, 0.15) is 12.8 Å². The van der Waals surface area contributed by atoms with Crippen LogP contribution < -0.4 is 21.5 Å². The van der Waals surface area contributed by atoms with Crippen molar-refractivity contribution in [1.29, 1.82) is 0 Å². The van der Waals surface area contributed by atoms with Gasteiger partial charge >= 0.3 is 6.18 Å². The SMILES string of the molecule is O=C(NC1CNN(CC2CNCCC2C(F)(F)F)C1)C1CC(C2CCC3OCOC3C2)ON1. The molecule has 0 aromatic carbocycles. The van der Waals surface area contributed by atoms with Crippen molar-refractivity contribution in [1.82, 2.24) is 26.5 Å². The molecule has 5 aliphatic rings. The lowest BCUT2D eigenvalue weighted by Gasteiger charge is -2.35. The molecule has 4 aliphatic heterocycles. The van der Waals surface area contributed by atoms with Gasteiger partial charge in [0.05, 0.1) is 30.3 Å². The normalized spacial score (nSPS) is 42.4. The van der Waals surface area contributed by atoms with Gasteiger partial charge in [-0.2, -0.15) is 18.7 Å². The number of halogens is 3. The molecule has 0 radical (unpaired) electrons. The maximum atomic E-state index is 13.4. The topological polar surface area (TPSA) is 96.1 Å². The molecular formula is C21H34F3N5O4. The second kappa shape index (κ2) is 9.92. The van der Waals surface area contributed by atoms with Crippen LogP contribution in [0.2, 0.25) is 0 Å². The number of hydrazine groups is 1. The molecule has 0 aromatic heterocycles. The number of nitrogens with zero attached hydrogens (tertiary/aromatic N) is 1. The first-order valence-corrected chi connectivity index (χ1v) is 12.1. The third kappa shape index (κ3) is 5.47. The Morgan fingerprint density at radius 2 is 1.91 bits per heavy atom. The van der Waals surface area contributed by atoms with E-state index in [2.05, 4.69) is 21.5 Å². The van der Waals surface area contributed by atoms with Crippen molar-refractivity contribution in [3.8, 4) is 0 Å². The summed E-state index contributed by atoms with van der Waals surface area (Å²) < 4.78 is 51.3. The van der Waals surface area contributed by atoms with E-state index in [0.29, 0.717) is 51.9 Å². The molecule has 0 spiro atoms. The molecule has 8 atom stereocenters. The fourth-order valence-corrected chi connectivity index (χ4v) is 6.00. The van der Waals surface area contributed by atoms with E-state index < -0.39 is 24.1 Å². The fraction of sp³-hybridized carbons (Fsp3) is 0.952.